The molecule has 1 amide bonds. The van der Waals surface area contributed by atoms with E-state index in [1.165, 1.54) is 16.0 Å². The maximum absolute atomic E-state index is 11.5. The van der Waals surface area contributed by atoms with Gasteiger partial charge in [-0.2, -0.15) is 0 Å². The summed E-state index contributed by atoms with van der Waals surface area (Å²) in [4.78, 5) is 21.1. The van der Waals surface area contributed by atoms with Gasteiger partial charge in [0.15, 0.2) is 0 Å². The number of carbonyl (C=O) groups is 1. The van der Waals surface area contributed by atoms with Crippen LogP contribution in [0.1, 0.15) is 60.6 Å². The summed E-state index contributed by atoms with van der Waals surface area (Å²) in [6, 6.07) is 5.68. The molecule has 0 bridgehead atoms. The van der Waals surface area contributed by atoms with Gasteiger partial charge in [-0.15, -0.1) is 0 Å². The first-order valence-corrected chi connectivity index (χ1v) is 8.86. The summed E-state index contributed by atoms with van der Waals surface area (Å²) in [5.41, 5.74) is 5.09. The molecule has 0 aliphatic heterocycles. The Balaban J connectivity index is 0. The average Bonchev–Trinajstić information content (AvgIpc) is 2.63. The lowest BCUT2D eigenvalue weighted by Crippen LogP contribution is -2.23. The molecule has 0 unspecified atom stereocenters. The fourth-order valence-electron chi connectivity index (χ4n) is 1.52. The molecule has 4 nitrogen and oxygen atoms in total. The van der Waals surface area contributed by atoms with Gasteiger partial charge >= 0.3 is 0 Å². The van der Waals surface area contributed by atoms with Crippen molar-refractivity contribution in [2.24, 2.45) is 0 Å². The van der Waals surface area contributed by atoms with Crippen LogP contribution in [0, 0.1) is 27.7 Å². The number of hydrogen-bond acceptors (Lipinski definition) is 3. The Morgan fingerprint density at radius 3 is 1.76 bits per heavy atom. The molecule has 25 heavy (non-hydrogen) atoms. The van der Waals surface area contributed by atoms with Crippen molar-refractivity contribution in [3.05, 3.63) is 58.7 Å². The summed E-state index contributed by atoms with van der Waals surface area (Å²) in [5.74, 6) is -0.0527. The lowest BCUT2D eigenvalue weighted by molar-refractivity contribution is 0.0821. The molecule has 4 heteroatoms. The highest BCUT2D eigenvalue weighted by atomic mass is 16.2. The summed E-state index contributed by atoms with van der Waals surface area (Å²) in [6.07, 6.45) is 3.68. The van der Waals surface area contributed by atoms with Crippen molar-refractivity contribution in [2.75, 3.05) is 14.1 Å². The number of pyridine rings is 2. The van der Waals surface area contributed by atoms with E-state index in [1.807, 2.05) is 66.1 Å². The summed E-state index contributed by atoms with van der Waals surface area (Å²) < 4.78 is 0. The maximum atomic E-state index is 11.5. The molecule has 0 aromatic carbocycles. The minimum absolute atomic E-state index is 0.0527. The van der Waals surface area contributed by atoms with Crippen LogP contribution in [-0.4, -0.2) is 34.9 Å². The van der Waals surface area contributed by atoms with Crippen LogP contribution in [0.25, 0.3) is 0 Å². The minimum atomic E-state index is -0.0527. The summed E-state index contributed by atoms with van der Waals surface area (Å²) in [5, 5.41) is 0. The molecular formula is C21H35N3O. The molecule has 0 spiro atoms. The van der Waals surface area contributed by atoms with Crippen LogP contribution in [0.5, 0.6) is 0 Å². The van der Waals surface area contributed by atoms with E-state index in [1.54, 1.807) is 20.2 Å². The number of carbonyl (C=O) groups excluding carboxylic acids is 1. The Labute approximate surface area is 154 Å². The molecule has 0 saturated carbocycles. The standard InChI is InChI=1S/C10H14N2O.C7H9N.2C2H6/c1-7-5-6-9(11-8(7)2)10(13)12(3)4;1-6-3-4-8-5-7(6)2;2*1-2/h5-6H,1-4H3;3-5H,1-2H3;2*1-2H3. The molecular weight excluding hydrogens is 310 g/mol. The molecule has 0 aliphatic carbocycles. The Kier molecular flexibility index (Phi) is 14.2. The normalized spacial score (nSPS) is 8.56. The van der Waals surface area contributed by atoms with E-state index in [4.69, 9.17) is 0 Å². The van der Waals surface area contributed by atoms with Gasteiger partial charge in [0.05, 0.1) is 0 Å². The molecule has 2 rings (SSSR count). The third-order valence-electron chi connectivity index (χ3n) is 3.28. The zero-order valence-corrected chi connectivity index (χ0v) is 17.6. The van der Waals surface area contributed by atoms with Crippen molar-refractivity contribution in [1.29, 1.82) is 0 Å². The molecule has 0 N–H and O–H groups in total. The van der Waals surface area contributed by atoms with Gasteiger partial charge in [-0.1, -0.05) is 33.8 Å². The first kappa shape index (κ1) is 25.0. The van der Waals surface area contributed by atoms with Gasteiger partial charge in [-0.05, 0) is 56.5 Å². The van der Waals surface area contributed by atoms with Crippen LogP contribution >= 0.6 is 0 Å². The molecule has 2 aromatic rings. The fourth-order valence-corrected chi connectivity index (χ4v) is 1.52. The van der Waals surface area contributed by atoms with Crippen molar-refractivity contribution in [2.45, 2.75) is 55.4 Å². The third-order valence-corrected chi connectivity index (χ3v) is 3.28. The smallest absolute Gasteiger partial charge is 0.271 e. The van der Waals surface area contributed by atoms with Gasteiger partial charge in [0.2, 0.25) is 0 Å². The Bertz CT molecular complexity index is 601. The molecule has 0 fully saturated rings. The summed E-state index contributed by atoms with van der Waals surface area (Å²) in [6.45, 7) is 16.0. The van der Waals surface area contributed by atoms with Crippen molar-refractivity contribution in [3.8, 4) is 0 Å². The van der Waals surface area contributed by atoms with Crippen molar-refractivity contribution < 1.29 is 4.79 Å². The fraction of sp³-hybridized carbons (Fsp3) is 0.476. The van der Waals surface area contributed by atoms with Gasteiger partial charge < -0.3 is 4.90 Å². The number of nitrogens with zero attached hydrogens (tertiary/aromatic N) is 3. The number of hydrogen-bond donors (Lipinski definition) is 0. The van der Waals surface area contributed by atoms with E-state index >= 15 is 0 Å². The highest BCUT2D eigenvalue weighted by Gasteiger charge is 2.09. The quantitative estimate of drug-likeness (QED) is 0.718. The van der Waals surface area contributed by atoms with Gasteiger partial charge in [0.1, 0.15) is 5.69 Å². The zero-order valence-electron chi connectivity index (χ0n) is 17.6. The van der Waals surface area contributed by atoms with E-state index in [2.05, 4.69) is 23.8 Å². The van der Waals surface area contributed by atoms with E-state index in [0.29, 0.717) is 5.69 Å². The Morgan fingerprint density at radius 1 is 0.840 bits per heavy atom. The van der Waals surface area contributed by atoms with Crippen LogP contribution in [0.2, 0.25) is 0 Å². The maximum Gasteiger partial charge on any atom is 0.271 e. The second kappa shape index (κ2) is 14.1. The molecule has 2 aromatic heterocycles. The predicted octanol–water partition coefficient (Wildman–Crippen LogP) is 5.15. The predicted molar refractivity (Wildman–Crippen MR) is 108 cm³/mol. The lowest BCUT2D eigenvalue weighted by atomic mass is 10.2. The van der Waals surface area contributed by atoms with Gasteiger partial charge in [-0.25, -0.2) is 4.98 Å². The monoisotopic (exact) mass is 345 g/mol. The number of aryl methyl sites for hydroxylation is 4. The molecule has 0 aliphatic rings. The van der Waals surface area contributed by atoms with E-state index in [0.717, 1.165) is 11.3 Å². The van der Waals surface area contributed by atoms with Gasteiger partial charge in [0, 0.05) is 32.2 Å². The summed E-state index contributed by atoms with van der Waals surface area (Å²) in [7, 11) is 3.44. The molecule has 140 valence electrons. The van der Waals surface area contributed by atoms with Gasteiger partial charge in [-0.3, -0.25) is 9.78 Å². The van der Waals surface area contributed by atoms with Crippen LogP contribution in [0.4, 0.5) is 0 Å². The van der Waals surface area contributed by atoms with Crippen LogP contribution in [0.15, 0.2) is 30.6 Å². The van der Waals surface area contributed by atoms with Crippen molar-refractivity contribution in [1.82, 2.24) is 14.9 Å². The Hall–Kier alpha value is -2.23. The first-order valence-electron chi connectivity index (χ1n) is 8.86. The molecule has 0 saturated heterocycles. The van der Waals surface area contributed by atoms with E-state index < -0.39 is 0 Å². The SMILES string of the molecule is CC.CC.Cc1ccc(C(=O)N(C)C)nc1C.Cc1ccncc1C. The largest absolute Gasteiger partial charge is 0.343 e. The Morgan fingerprint density at radius 2 is 1.40 bits per heavy atom. The van der Waals surface area contributed by atoms with E-state index in [9.17, 15) is 4.79 Å². The van der Waals surface area contributed by atoms with Crippen molar-refractivity contribution in [3.63, 3.8) is 0 Å². The third kappa shape index (κ3) is 9.60. The van der Waals surface area contributed by atoms with Crippen LogP contribution in [0.3, 0.4) is 0 Å². The minimum Gasteiger partial charge on any atom is -0.343 e. The lowest BCUT2D eigenvalue weighted by Gasteiger charge is -2.10. The zero-order chi connectivity index (χ0) is 20.0. The number of amides is 1. The molecule has 0 radical (unpaired) electrons. The molecule has 2 heterocycles. The van der Waals surface area contributed by atoms with Crippen LogP contribution < -0.4 is 0 Å². The van der Waals surface area contributed by atoms with Crippen LogP contribution in [-0.2, 0) is 0 Å². The summed E-state index contributed by atoms with van der Waals surface area (Å²) >= 11 is 0. The van der Waals surface area contributed by atoms with Gasteiger partial charge in [0.25, 0.3) is 5.91 Å². The van der Waals surface area contributed by atoms with Crippen molar-refractivity contribution >= 4 is 5.91 Å². The highest BCUT2D eigenvalue weighted by Crippen LogP contribution is 2.06. The van der Waals surface area contributed by atoms with E-state index in [-0.39, 0.29) is 5.91 Å². The number of rotatable bonds is 1. The highest BCUT2D eigenvalue weighted by molar-refractivity contribution is 5.91. The first-order chi connectivity index (χ1) is 11.8. The second-order valence-corrected chi connectivity index (χ2v) is 5.26. The average molecular weight is 346 g/mol. The second-order valence-electron chi connectivity index (χ2n) is 5.26. The number of aromatic nitrogens is 2. The topological polar surface area (TPSA) is 46.1 Å². The molecule has 0 atom stereocenters.